The maximum absolute atomic E-state index is 6.29. The molecule has 2 aromatic rings. The Hall–Kier alpha value is -1.61. The van der Waals surface area contributed by atoms with Crippen LogP contribution in [0.4, 0.5) is 0 Å². The zero-order chi connectivity index (χ0) is 19.3. The minimum Gasteiger partial charge on any atom is -0.490 e. The maximum Gasteiger partial charge on any atom is 0.120 e. The molecule has 1 aliphatic carbocycles. The third kappa shape index (κ3) is 4.86. The lowest BCUT2D eigenvalue weighted by molar-refractivity contribution is 0.130. The number of aromatic nitrogens is 1. The summed E-state index contributed by atoms with van der Waals surface area (Å²) < 4.78 is 6.29. The average Bonchev–Trinajstić information content (AvgIpc) is 2.75. The van der Waals surface area contributed by atoms with E-state index >= 15 is 0 Å². The van der Waals surface area contributed by atoms with Crippen molar-refractivity contribution in [2.24, 2.45) is 11.8 Å². The van der Waals surface area contributed by atoms with E-state index in [2.05, 4.69) is 49.1 Å². The number of likely N-dealkylation sites (tertiary alicyclic amines) is 1. The Labute approximate surface area is 170 Å². The van der Waals surface area contributed by atoms with Crippen LogP contribution >= 0.6 is 0 Å². The Morgan fingerprint density at radius 2 is 1.61 bits per heavy atom. The van der Waals surface area contributed by atoms with Crippen LogP contribution in [-0.2, 0) is 6.54 Å². The summed E-state index contributed by atoms with van der Waals surface area (Å²) >= 11 is 0. The average molecular weight is 381 g/mol. The number of hydrogen-bond acceptors (Lipinski definition) is 3. The van der Waals surface area contributed by atoms with Gasteiger partial charge in [-0.1, -0.05) is 32.8 Å². The van der Waals surface area contributed by atoms with E-state index in [-0.39, 0.29) is 0 Å². The van der Waals surface area contributed by atoms with Gasteiger partial charge in [-0.25, -0.2) is 0 Å². The molecule has 0 N–H and O–H groups in total. The Bertz CT molecular complexity index is 693. The van der Waals surface area contributed by atoms with E-state index in [1.165, 1.54) is 75.5 Å². The van der Waals surface area contributed by atoms with Gasteiger partial charge in [-0.3, -0.25) is 9.88 Å². The summed E-state index contributed by atoms with van der Waals surface area (Å²) in [5, 5.41) is 1.19. The molecule has 0 spiro atoms. The molecule has 3 nitrogen and oxygen atoms in total. The molecule has 3 heteroatoms. The van der Waals surface area contributed by atoms with Crippen molar-refractivity contribution < 1.29 is 4.74 Å². The second kappa shape index (κ2) is 9.26. The summed E-state index contributed by atoms with van der Waals surface area (Å²) in [5.41, 5.74) is 2.27. The van der Waals surface area contributed by atoms with Crippen LogP contribution in [0.2, 0.25) is 0 Å². The fourth-order valence-electron chi connectivity index (χ4n) is 4.94. The monoisotopic (exact) mass is 380 g/mol. The van der Waals surface area contributed by atoms with E-state index in [0.717, 1.165) is 29.6 Å². The molecule has 0 bridgehead atoms. The highest BCUT2D eigenvalue weighted by Crippen LogP contribution is 2.30. The number of piperidine rings is 1. The largest absolute Gasteiger partial charge is 0.490 e. The smallest absolute Gasteiger partial charge is 0.120 e. The van der Waals surface area contributed by atoms with Crippen LogP contribution in [0.25, 0.3) is 10.9 Å². The first-order valence-corrected chi connectivity index (χ1v) is 11.5. The third-order valence-corrected chi connectivity index (χ3v) is 7.06. The van der Waals surface area contributed by atoms with Crippen LogP contribution in [0.1, 0.15) is 70.9 Å². The van der Waals surface area contributed by atoms with Crippen LogP contribution in [0, 0.1) is 11.8 Å². The number of hydrogen-bond donors (Lipinski definition) is 0. The molecule has 4 rings (SSSR count). The van der Waals surface area contributed by atoms with Crippen molar-refractivity contribution in [3.63, 3.8) is 0 Å². The van der Waals surface area contributed by atoms with Crippen LogP contribution in [0.3, 0.4) is 0 Å². The molecule has 1 aliphatic heterocycles. The lowest BCUT2D eigenvalue weighted by atomic mass is 9.86. The minimum atomic E-state index is 0.388. The van der Waals surface area contributed by atoms with Crippen molar-refractivity contribution in [2.45, 2.75) is 77.9 Å². The van der Waals surface area contributed by atoms with Gasteiger partial charge in [0.1, 0.15) is 5.75 Å². The third-order valence-electron chi connectivity index (χ3n) is 7.06. The topological polar surface area (TPSA) is 25.4 Å². The number of benzene rings is 1. The summed E-state index contributed by atoms with van der Waals surface area (Å²) in [5.74, 6) is 2.84. The number of ether oxygens (including phenoxy) is 1. The first-order chi connectivity index (χ1) is 13.7. The molecule has 0 amide bonds. The molecule has 1 saturated carbocycles. The van der Waals surface area contributed by atoms with Crippen LogP contribution in [0.15, 0.2) is 30.3 Å². The van der Waals surface area contributed by atoms with Crippen molar-refractivity contribution in [3.05, 3.63) is 36.0 Å². The Balaban J connectivity index is 1.36. The summed E-state index contributed by atoms with van der Waals surface area (Å²) in [7, 11) is 0. The molecule has 2 aliphatic rings. The van der Waals surface area contributed by atoms with Gasteiger partial charge in [0.25, 0.3) is 0 Å². The second-order valence-corrected chi connectivity index (χ2v) is 8.95. The van der Waals surface area contributed by atoms with Gasteiger partial charge in [0.05, 0.1) is 17.3 Å². The normalized spacial score (nSPS) is 24.5. The van der Waals surface area contributed by atoms with Crippen LogP contribution in [-0.4, -0.2) is 29.1 Å². The van der Waals surface area contributed by atoms with Gasteiger partial charge in [-0.2, -0.15) is 0 Å². The summed E-state index contributed by atoms with van der Waals surface area (Å²) in [6, 6.07) is 10.8. The molecule has 2 heterocycles. The Morgan fingerprint density at radius 3 is 2.32 bits per heavy atom. The Morgan fingerprint density at radius 1 is 0.893 bits per heavy atom. The lowest BCUT2D eigenvalue weighted by Gasteiger charge is -2.31. The molecular weight excluding hydrogens is 344 g/mol. The first-order valence-electron chi connectivity index (χ1n) is 11.5. The molecule has 1 aromatic heterocycles. The summed E-state index contributed by atoms with van der Waals surface area (Å²) in [6.07, 6.45) is 10.7. The van der Waals surface area contributed by atoms with E-state index in [4.69, 9.17) is 9.72 Å². The predicted molar refractivity (Wildman–Crippen MR) is 117 cm³/mol. The molecule has 152 valence electrons. The quantitative estimate of drug-likeness (QED) is 0.596. The van der Waals surface area contributed by atoms with Crippen molar-refractivity contribution in [1.82, 2.24) is 9.88 Å². The van der Waals surface area contributed by atoms with Crippen molar-refractivity contribution in [2.75, 3.05) is 13.1 Å². The molecule has 28 heavy (non-hydrogen) atoms. The van der Waals surface area contributed by atoms with E-state index < -0.39 is 0 Å². The van der Waals surface area contributed by atoms with E-state index in [1.807, 2.05) is 0 Å². The molecular formula is C25H36N2O. The molecule has 0 radical (unpaired) electrons. The van der Waals surface area contributed by atoms with Gasteiger partial charge < -0.3 is 4.74 Å². The van der Waals surface area contributed by atoms with Gasteiger partial charge in [0.15, 0.2) is 0 Å². The molecule has 0 unspecified atom stereocenters. The SMILES string of the molecule is CCC1CCC(Oc2ccc3nc(CN4CCC(CC)CC4)ccc3c2)CC1. The Kier molecular flexibility index (Phi) is 6.51. The fourth-order valence-corrected chi connectivity index (χ4v) is 4.94. The van der Waals surface area contributed by atoms with Crippen molar-refractivity contribution in [3.8, 4) is 5.75 Å². The van der Waals surface area contributed by atoms with Gasteiger partial charge >= 0.3 is 0 Å². The highest BCUT2D eigenvalue weighted by molar-refractivity contribution is 5.80. The van der Waals surface area contributed by atoms with E-state index in [0.29, 0.717) is 6.10 Å². The summed E-state index contributed by atoms with van der Waals surface area (Å²) in [4.78, 5) is 7.48. The van der Waals surface area contributed by atoms with E-state index in [9.17, 15) is 0 Å². The number of fused-ring (bicyclic) bond motifs is 1. The zero-order valence-corrected chi connectivity index (χ0v) is 17.7. The highest BCUT2D eigenvalue weighted by Gasteiger charge is 2.21. The highest BCUT2D eigenvalue weighted by atomic mass is 16.5. The lowest BCUT2D eigenvalue weighted by Crippen LogP contribution is -2.33. The molecule has 1 saturated heterocycles. The number of pyridine rings is 1. The number of nitrogens with zero attached hydrogens (tertiary/aromatic N) is 2. The van der Waals surface area contributed by atoms with Gasteiger partial charge in [0.2, 0.25) is 0 Å². The summed E-state index contributed by atoms with van der Waals surface area (Å²) in [6.45, 7) is 8.03. The van der Waals surface area contributed by atoms with Crippen molar-refractivity contribution in [1.29, 1.82) is 0 Å². The number of rotatable bonds is 6. The van der Waals surface area contributed by atoms with E-state index in [1.54, 1.807) is 0 Å². The van der Waals surface area contributed by atoms with Gasteiger partial charge in [-0.05, 0) is 87.7 Å². The predicted octanol–water partition coefficient (Wildman–Crippen LogP) is 6.20. The molecule has 1 aromatic carbocycles. The second-order valence-electron chi connectivity index (χ2n) is 8.95. The van der Waals surface area contributed by atoms with Gasteiger partial charge in [0, 0.05) is 11.9 Å². The van der Waals surface area contributed by atoms with Crippen molar-refractivity contribution >= 4 is 10.9 Å². The maximum atomic E-state index is 6.29. The first kappa shape index (κ1) is 19.7. The van der Waals surface area contributed by atoms with Crippen LogP contribution < -0.4 is 4.74 Å². The van der Waals surface area contributed by atoms with Crippen LogP contribution in [0.5, 0.6) is 5.75 Å². The molecule has 2 fully saturated rings. The standard InChI is InChI=1S/C25H36N2O/c1-3-19-5-9-23(10-6-19)28-24-11-12-25-21(17-24)7-8-22(26-25)18-27-15-13-20(4-2)14-16-27/h7-8,11-12,17,19-20,23H,3-6,9-10,13-16,18H2,1-2H3. The zero-order valence-electron chi connectivity index (χ0n) is 17.7. The fraction of sp³-hybridized carbons (Fsp3) is 0.640. The van der Waals surface area contributed by atoms with Gasteiger partial charge in [-0.15, -0.1) is 0 Å². The minimum absolute atomic E-state index is 0.388. The molecule has 0 atom stereocenters.